The number of nitrogens with zero attached hydrogens (tertiary/aromatic N) is 3. The van der Waals surface area contributed by atoms with Gasteiger partial charge in [0.25, 0.3) is 5.91 Å². The Kier molecular flexibility index (Phi) is 5.51. The molecule has 0 radical (unpaired) electrons. The third-order valence-electron chi connectivity index (χ3n) is 3.54. The van der Waals surface area contributed by atoms with E-state index in [1.807, 2.05) is 57.1 Å². The second-order valence-corrected chi connectivity index (χ2v) is 5.65. The van der Waals surface area contributed by atoms with E-state index >= 15 is 0 Å². The number of rotatable bonds is 6. The molecule has 23 heavy (non-hydrogen) atoms. The molecule has 1 atom stereocenters. The zero-order valence-electron chi connectivity index (χ0n) is 14.0. The molecule has 1 heterocycles. The third kappa shape index (κ3) is 4.67. The Labute approximate surface area is 136 Å². The summed E-state index contributed by atoms with van der Waals surface area (Å²) >= 11 is 0. The van der Waals surface area contributed by atoms with Gasteiger partial charge in [0.2, 0.25) is 0 Å². The third-order valence-corrected chi connectivity index (χ3v) is 3.54. The maximum atomic E-state index is 11.9. The number of aromatic nitrogens is 2. The van der Waals surface area contributed by atoms with Crippen molar-refractivity contribution in [2.75, 3.05) is 24.3 Å². The van der Waals surface area contributed by atoms with E-state index in [1.165, 1.54) is 0 Å². The molecule has 6 nitrogen and oxygen atoms in total. The summed E-state index contributed by atoms with van der Waals surface area (Å²) in [6.07, 6.45) is 0.877. The smallest absolute Gasteiger partial charge is 0.272 e. The number of anilines is 3. The van der Waals surface area contributed by atoms with Gasteiger partial charge in [0.15, 0.2) is 11.5 Å². The van der Waals surface area contributed by atoms with Crippen LogP contribution in [0.25, 0.3) is 0 Å². The van der Waals surface area contributed by atoms with Crippen molar-refractivity contribution in [3.8, 4) is 0 Å². The molecule has 0 spiro atoms. The lowest BCUT2D eigenvalue weighted by molar-refractivity contribution is 0.0933. The van der Waals surface area contributed by atoms with Crippen LogP contribution in [0.15, 0.2) is 36.4 Å². The van der Waals surface area contributed by atoms with E-state index in [1.54, 1.807) is 12.1 Å². The van der Waals surface area contributed by atoms with E-state index in [-0.39, 0.29) is 11.9 Å². The fraction of sp³-hybridized carbons (Fsp3) is 0.353. The van der Waals surface area contributed by atoms with Crippen molar-refractivity contribution in [2.45, 2.75) is 26.3 Å². The van der Waals surface area contributed by atoms with Crippen LogP contribution in [0.1, 0.15) is 30.8 Å². The van der Waals surface area contributed by atoms with Gasteiger partial charge in [-0.2, -0.15) is 0 Å². The molecule has 1 amide bonds. The Morgan fingerprint density at radius 2 is 1.83 bits per heavy atom. The monoisotopic (exact) mass is 313 g/mol. The SMILES string of the molecule is CCC(C)NC(=O)c1ccc(Nc2ccc(N(C)C)cc2)nn1. The van der Waals surface area contributed by atoms with Gasteiger partial charge in [-0.3, -0.25) is 4.79 Å². The van der Waals surface area contributed by atoms with Crippen LogP contribution in [0, 0.1) is 0 Å². The number of hydrogen-bond donors (Lipinski definition) is 2. The van der Waals surface area contributed by atoms with Gasteiger partial charge in [-0.1, -0.05) is 6.92 Å². The van der Waals surface area contributed by atoms with Crippen molar-refractivity contribution in [1.29, 1.82) is 0 Å². The van der Waals surface area contributed by atoms with Crippen LogP contribution in [0.5, 0.6) is 0 Å². The quantitative estimate of drug-likeness (QED) is 0.858. The summed E-state index contributed by atoms with van der Waals surface area (Å²) < 4.78 is 0. The number of carbonyl (C=O) groups excluding carboxylic acids is 1. The summed E-state index contributed by atoms with van der Waals surface area (Å²) in [6, 6.07) is 11.5. The number of carbonyl (C=O) groups is 1. The van der Waals surface area contributed by atoms with Crippen LogP contribution >= 0.6 is 0 Å². The lowest BCUT2D eigenvalue weighted by atomic mass is 10.2. The van der Waals surface area contributed by atoms with Crippen molar-refractivity contribution in [3.63, 3.8) is 0 Å². The molecule has 122 valence electrons. The van der Waals surface area contributed by atoms with Crippen molar-refractivity contribution >= 4 is 23.1 Å². The zero-order chi connectivity index (χ0) is 16.8. The van der Waals surface area contributed by atoms with Crippen LogP contribution in [0.3, 0.4) is 0 Å². The first-order valence-electron chi connectivity index (χ1n) is 7.68. The summed E-state index contributed by atoms with van der Waals surface area (Å²) in [5, 5.41) is 14.1. The molecule has 2 N–H and O–H groups in total. The summed E-state index contributed by atoms with van der Waals surface area (Å²) in [7, 11) is 3.99. The molecule has 1 aromatic carbocycles. The van der Waals surface area contributed by atoms with E-state index in [9.17, 15) is 4.79 Å². The Morgan fingerprint density at radius 3 is 2.35 bits per heavy atom. The highest BCUT2D eigenvalue weighted by Crippen LogP contribution is 2.18. The molecule has 0 fully saturated rings. The zero-order valence-corrected chi connectivity index (χ0v) is 14.0. The number of benzene rings is 1. The van der Waals surface area contributed by atoms with Crippen LogP contribution in [-0.4, -0.2) is 36.2 Å². The first kappa shape index (κ1) is 16.7. The minimum atomic E-state index is -0.200. The molecular formula is C17H23N5O. The predicted octanol–water partition coefficient (Wildman–Crippen LogP) is 2.81. The highest BCUT2D eigenvalue weighted by Gasteiger charge is 2.10. The van der Waals surface area contributed by atoms with Crippen molar-refractivity contribution in [1.82, 2.24) is 15.5 Å². The van der Waals surface area contributed by atoms with Gasteiger partial charge in [0.05, 0.1) is 0 Å². The summed E-state index contributed by atoms with van der Waals surface area (Å²) in [6.45, 7) is 3.98. The molecule has 0 bridgehead atoms. The standard InChI is InChI=1S/C17H23N5O/c1-5-12(2)18-17(23)15-10-11-16(21-20-15)19-13-6-8-14(9-7-13)22(3)4/h6-12H,5H2,1-4H3,(H,18,23)(H,19,21). The van der Waals surface area contributed by atoms with Crippen LogP contribution in [-0.2, 0) is 0 Å². The lowest BCUT2D eigenvalue weighted by Gasteiger charge is -2.13. The second kappa shape index (κ2) is 7.58. The van der Waals surface area contributed by atoms with Crippen LogP contribution in [0.4, 0.5) is 17.2 Å². The van der Waals surface area contributed by atoms with E-state index < -0.39 is 0 Å². The minimum absolute atomic E-state index is 0.123. The highest BCUT2D eigenvalue weighted by atomic mass is 16.2. The molecule has 1 aromatic heterocycles. The van der Waals surface area contributed by atoms with E-state index in [0.29, 0.717) is 11.5 Å². The maximum absolute atomic E-state index is 11.9. The van der Waals surface area contributed by atoms with Crippen molar-refractivity contribution in [3.05, 3.63) is 42.1 Å². The van der Waals surface area contributed by atoms with Crippen molar-refractivity contribution < 1.29 is 4.79 Å². The predicted molar refractivity (Wildman–Crippen MR) is 93.3 cm³/mol. The van der Waals surface area contributed by atoms with Crippen LogP contribution in [0.2, 0.25) is 0 Å². The second-order valence-electron chi connectivity index (χ2n) is 5.65. The van der Waals surface area contributed by atoms with Gasteiger partial charge >= 0.3 is 0 Å². The average molecular weight is 313 g/mol. The summed E-state index contributed by atoms with van der Waals surface area (Å²) in [4.78, 5) is 14.0. The molecule has 0 aliphatic carbocycles. The highest BCUT2D eigenvalue weighted by molar-refractivity contribution is 5.92. The number of nitrogens with one attached hydrogen (secondary N) is 2. The summed E-state index contributed by atoms with van der Waals surface area (Å²) in [5.74, 6) is 0.399. The molecule has 0 aliphatic rings. The number of hydrogen-bond acceptors (Lipinski definition) is 5. The Morgan fingerprint density at radius 1 is 1.13 bits per heavy atom. The van der Waals surface area contributed by atoms with Gasteiger partial charge in [0, 0.05) is 31.5 Å². The van der Waals surface area contributed by atoms with E-state index in [2.05, 4.69) is 20.8 Å². The first-order valence-corrected chi connectivity index (χ1v) is 7.68. The molecule has 2 aromatic rings. The van der Waals surface area contributed by atoms with E-state index in [0.717, 1.165) is 17.8 Å². The van der Waals surface area contributed by atoms with Gasteiger partial charge < -0.3 is 15.5 Å². The first-order chi connectivity index (χ1) is 11.0. The molecule has 6 heteroatoms. The normalized spacial score (nSPS) is 11.7. The Hall–Kier alpha value is -2.63. The lowest BCUT2D eigenvalue weighted by Crippen LogP contribution is -2.32. The fourth-order valence-electron chi connectivity index (χ4n) is 1.91. The maximum Gasteiger partial charge on any atom is 0.272 e. The van der Waals surface area contributed by atoms with Gasteiger partial charge in [0.1, 0.15) is 0 Å². The van der Waals surface area contributed by atoms with Gasteiger partial charge in [-0.25, -0.2) is 0 Å². The topological polar surface area (TPSA) is 70.2 Å². The summed E-state index contributed by atoms with van der Waals surface area (Å²) in [5.41, 5.74) is 2.36. The largest absolute Gasteiger partial charge is 0.378 e. The molecule has 2 rings (SSSR count). The minimum Gasteiger partial charge on any atom is -0.378 e. The molecule has 0 aliphatic heterocycles. The van der Waals surface area contributed by atoms with E-state index in [4.69, 9.17) is 0 Å². The molecule has 0 saturated heterocycles. The average Bonchev–Trinajstić information content (AvgIpc) is 2.55. The van der Waals surface area contributed by atoms with Crippen LogP contribution < -0.4 is 15.5 Å². The molecular weight excluding hydrogens is 290 g/mol. The molecule has 0 saturated carbocycles. The van der Waals surface area contributed by atoms with Crippen molar-refractivity contribution in [2.24, 2.45) is 0 Å². The fourth-order valence-corrected chi connectivity index (χ4v) is 1.91. The Bertz CT molecular complexity index is 637. The van der Waals surface area contributed by atoms with Gasteiger partial charge in [-0.15, -0.1) is 10.2 Å². The Balaban J connectivity index is 2.00. The van der Waals surface area contributed by atoms with Gasteiger partial charge in [-0.05, 0) is 49.7 Å². The molecule has 1 unspecified atom stereocenters. The number of amides is 1.